The quantitative estimate of drug-likeness (QED) is 0.671. The predicted molar refractivity (Wildman–Crippen MR) is 66.9 cm³/mol. The van der Waals surface area contributed by atoms with E-state index in [0.717, 1.165) is 18.2 Å². The van der Waals surface area contributed by atoms with Crippen LogP contribution < -0.4 is 11.3 Å². The lowest BCUT2D eigenvalue weighted by Crippen LogP contribution is -2.31. The summed E-state index contributed by atoms with van der Waals surface area (Å²) in [6.07, 6.45) is 0. The summed E-state index contributed by atoms with van der Waals surface area (Å²) in [5.74, 6) is 2.95. The number of halogens is 4. The molecule has 100 valence electrons. The van der Waals surface area contributed by atoms with Crippen molar-refractivity contribution in [2.75, 3.05) is 0 Å². The average Bonchev–Trinajstić information content (AvgIpc) is 2.36. The molecule has 1 atom stereocenters. The van der Waals surface area contributed by atoms with Gasteiger partial charge < -0.3 is 0 Å². The number of hydrogen-bond donors (Lipinski definition) is 2. The molecule has 2 rings (SSSR count). The Morgan fingerprint density at radius 3 is 1.84 bits per heavy atom. The fourth-order valence-electron chi connectivity index (χ4n) is 1.88. The molecule has 0 heterocycles. The normalized spacial score (nSPS) is 12.5. The van der Waals surface area contributed by atoms with Crippen molar-refractivity contribution in [3.05, 3.63) is 70.0 Å². The van der Waals surface area contributed by atoms with Crippen LogP contribution >= 0.6 is 11.6 Å². The molecule has 0 radical (unpaired) electrons. The van der Waals surface area contributed by atoms with Crippen LogP contribution in [0.3, 0.4) is 0 Å². The maximum Gasteiger partial charge on any atom is 0.131 e. The highest BCUT2D eigenvalue weighted by molar-refractivity contribution is 6.31. The van der Waals surface area contributed by atoms with E-state index in [4.69, 9.17) is 17.4 Å². The second kappa shape index (κ2) is 5.61. The zero-order valence-electron chi connectivity index (χ0n) is 9.63. The van der Waals surface area contributed by atoms with Gasteiger partial charge in [-0.25, -0.2) is 18.6 Å². The van der Waals surface area contributed by atoms with Gasteiger partial charge in [-0.2, -0.15) is 0 Å². The minimum absolute atomic E-state index is 0.0330. The van der Waals surface area contributed by atoms with Crippen molar-refractivity contribution >= 4 is 11.6 Å². The summed E-state index contributed by atoms with van der Waals surface area (Å²) in [6.45, 7) is 0. The molecule has 0 aliphatic carbocycles. The van der Waals surface area contributed by atoms with Gasteiger partial charge in [0.15, 0.2) is 0 Å². The van der Waals surface area contributed by atoms with Gasteiger partial charge in [-0.1, -0.05) is 23.7 Å². The summed E-state index contributed by atoms with van der Waals surface area (Å²) in [4.78, 5) is 0. The molecular weight excluding hydrogens is 277 g/mol. The lowest BCUT2D eigenvalue weighted by atomic mass is 9.97. The van der Waals surface area contributed by atoms with Crippen molar-refractivity contribution in [1.82, 2.24) is 5.43 Å². The molecule has 0 spiro atoms. The second-order valence-corrected chi connectivity index (χ2v) is 4.28. The molecule has 2 aromatic carbocycles. The van der Waals surface area contributed by atoms with Crippen LogP contribution in [0.5, 0.6) is 0 Å². The number of nitrogens with two attached hydrogens (primary N) is 1. The Balaban J connectivity index is 2.64. The third-order valence-electron chi connectivity index (χ3n) is 2.74. The largest absolute Gasteiger partial charge is 0.271 e. The third kappa shape index (κ3) is 2.58. The summed E-state index contributed by atoms with van der Waals surface area (Å²) in [6, 6.07) is 6.09. The molecule has 0 aliphatic rings. The Labute approximate surface area is 113 Å². The van der Waals surface area contributed by atoms with Gasteiger partial charge in [-0.15, -0.1) is 0 Å². The van der Waals surface area contributed by atoms with Gasteiger partial charge in [0.25, 0.3) is 0 Å². The van der Waals surface area contributed by atoms with Gasteiger partial charge in [0.05, 0.1) is 6.04 Å². The van der Waals surface area contributed by atoms with E-state index in [-0.39, 0.29) is 16.1 Å². The topological polar surface area (TPSA) is 38.0 Å². The summed E-state index contributed by atoms with van der Waals surface area (Å²) in [5, 5.41) is 0.0330. The summed E-state index contributed by atoms with van der Waals surface area (Å²) >= 11 is 5.88. The molecule has 0 fully saturated rings. The molecule has 2 nitrogen and oxygen atoms in total. The van der Waals surface area contributed by atoms with Gasteiger partial charge in [-0.05, 0) is 24.3 Å². The number of benzene rings is 2. The molecule has 0 bridgehead atoms. The number of rotatable bonds is 3. The van der Waals surface area contributed by atoms with Gasteiger partial charge in [0.1, 0.15) is 17.5 Å². The Kier molecular flexibility index (Phi) is 4.09. The molecule has 3 N–H and O–H groups in total. The van der Waals surface area contributed by atoms with Crippen LogP contribution in [-0.2, 0) is 0 Å². The Morgan fingerprint density at radius 2 is 1.37 bits per heavy atom. The first kappa shape index (κ1) is 13.9. The standard InChI is InChI=1S/C13H10ClF3N2/c14-7-3-1-4-8(15)11(7)13(19-18)12-9(16)5-2-6-10(12)17/h1-6,13,19H,18H2. The maximum atomic E-state index is 13.8. The van der Waals surface area contributed by atoms with Crippen molar-refractivity contribution in [2.45, 2.75) is 6.04 Å². The molecular formula is C13H10ClF3N2. The predicted octanol–water partition coefficient (Wildman–Crippen LogP) is 3.31. The van der Waals surface area contributed by atoms with E-state index in [1.54, 1.807) is 0 Å². The fourth-order valence-corrected chi connectivity index (χ4v) is 2.16. The van der Waals surface area contributed by atoms with E-state index >= 15 is 0 Å². The first-order valence-corrected chi connectivity index (χ1v) is 5.78. The van der Waals surface area contributed by atoms with Crippen molar-refractivity contribution < 1.29 is 13.2 Å². The first-order chi connectivity index (χ1) is 9.06. The zero-order valence-corrected chi connectivity index (χ0v) is 10.4. The van der Waals surface area contributed by atoms with Crippen LogP contribution in [0.25, 0.3) is 0 Å². The van der Waals surface area contributed by atoms with E-state index < -0.39 is 23.5 Å². The van der Waals surface area contributed by atoms with Crippen LogP contribution in [0.4, 0.5) is 13.2 Å². The number of hydrogen-bond acceptors (Lipinski definition) is 2. The molecule has 6 heteroatoms. The van der Waals surface area contributed by atoms with Crippen LogP contribution in [0.2, 0.25) is 5.02 Å². The smallest absolute Gasteiger partial charge is 0.131 e. The van der Waals surface area contributed by atoms with Crippen LogP contribution in [0.15, 0.2) is 36.4 Å². The van der Waals surface area contributed by atoms with E-state index in [9.17, 15) is 13.2 Å². The van der Waals surface area contributed by atoms with Crippen LogP contribution in [-0.4, -0.2) is 0 Å². The highest BCUT2D eigenvalue weighted by Crippen LogP contribution is 2.32. The Bertz CT molecular complexity index is 512. The average molecular weight is 287 g/mol. The Morgan fingerprint density at radius 1 is 0.895 bits per heavy atom. The third-order valence-corrected chi connectivity index (χ3v) is 3.07. The summed E-state index contributed by atoms with van der Waals surface area (Å²) in [5.41, 5.74) is 1.71. The molecule has 0 aromatic heterocycles. The van der Waals surface area contributed by atoms with Crippen LogP contribution in [0.1, 0.15) is 17.2 Å². The van der Waals surface area contributed by atoms with Crippen LogP contribution in [0, 0.1) is 17.5 Å². The van der Waals surface area contributed by atoms with E-state index in [1.807, 2.05) is 0 Å². The van der Waals surface area contributed by atoms with E-state index in [1.165, 1.54) is 18.2 Å². The van der Waals surface area contributed by atoms with Gasteiger partial charge >= 0.3 is 0 Å². The lowest BCUT2D eigenvalue weighted by molar-refractivity contribution is 0.495. The molecule has 0 saturated heterocycles. The molecule has 19 heavy (non-hydrogen) atoms. The summed E-state index contributed by atoms with van der Waals surface area (Å²) < 4.78 is 41.3. The molecule has 1 unspecified atom stereocenters. The lowest BCUT2D eigenvalue weighted by Gasteiger charge is -2.20. The molecule has 0 amide bonds. The zero-order chi connectivity index (χ0) is 14.0. The molecule has 0 saturated carbocycles. The minimum atomic E-state index is -1.21. The molecule has 0 aliphatic heterocycles. The van der Waals surface area contributed by atoms with Gasteiger partial charge in [0, 0.05) is 16.1 Å². The highest BCUT2D eigenvalue weighted by Gasteiger charge is 2.25. The van der Waals surface area contributed by atoms with E-state index in [0.29, 0.717) is 0 Å². The van der Waals surface area contributed by atoms with Crippen molar-refractivity contribution in [3.8, 4) is 0 Å². The number of nitrogens with one attached hydrogen (secondary N) is 1. The summed E-state index contributed by atoms with van der Waals surface area (Å²) in [7, 11) is 0. The second-order valence-electron chi connectivity index (χ2n) is 3.87. The van der Waals surface area contributed by atoms with Gasteiger partial charge in [-0.3, -0.25) is 5.84 Å². The first-order valence-electron chi connectivity index (χ1n) is 5.40. The number of hydrazine groups is 1. The SMILES string of the molecule is NNC(c1c(F)cccc1F)c1c(F)cccc1Cl. The fraction of sp³-hybridized carbons (Fsp3) is 0.0769. The van der Waals surface area contributed by atoms with E-state index in [2.05, 4.69) is 5.43 Å². The van der Waals surface area contributed by atoms with Crippen molar-refractivity contribution in [1.29, 1.82) is 0 Å². The highest BCUT2D eigenvalue weighted by atomic mass is 35.5. The van der Waals surface area contributed by atoms with Crippen molar-refractivity contribution in [3.63, 3.8) is 0 Å². The monoisotopic (exact) mass is 286 g/mol. The van der Waals surface area contributed by atoms with Gasteiger partial charge in [0.2, 0.25) is 0 Å². The molecule has 2 aromatic rings. The van der Waals surface area contributed by atoms with Crippen molar-refractivity contribution in [2.24, 2.45) is 5.84 Å². The maximum absolute atomic E-state index is 13.8. The minimum Gasteiger partial charge on any atom is -0.271 e. The Hall–Kier alpha value is -1.56.